The molecule has 0 atom stereocenters. The average molecular weight is 315 g/mol. The Hall–Kier alpha value is -1.88. The SMILES string of the molecule is Cc1nc(CC(=O)NC2CCN(c3ccccc3)CC2)cs1. The van der Waals surface area contributed by atoms with Crippen LogP contribution in [0.3, 0.4) is 0 Å². The van der Waals surface area contributed by atoms with Gasteiger partial charge in [-0.15, -0.1) is 11.3 Å². The highest BCUT2D eigenvalue weighted by molar-refractivity contribution is 7.09. The number of hydrogen-bond donors (Lipinski definition) is 1. The van der Waals surface area contributed by atoms with Gasteiger partial charge in [0, 0.05) is 30.2 Å². The number of aryl methyl sites for hydroxylation is 1. The number of thiazole rings is 1. The molecule has 0 aliphatic carbocycles. The molecule has 0 unspecified atom stereocenters. The number of piperidine rings is 1. The van der Waals surface area contributed by atoms with E-state index in [1.807, 2.05) is 18.4 Å². The first-order valence-corrected chi connectivity index (χ1v) is 8.59. The van der Waals surface area contributed by atoms with E-state index in [1.54, 1.807) is 11.3 Å². The van der Waals surface area contributed by atoms with Gasteiger partial charge >= 0.3 is 0 Å². The molecule has 1 N–H and O–H groups in total. The third kappa shape index (κ3) is 3.85. The molecule has 5 heteroatoms. The van der Waals surface area contributed by atoms with Gasteiger partial charge in [0.25, 0.3) is 0 Å². The van der Waals surface area contributed by atoms with Gasteiger partial charge < -0.3 is 10.2 Å². The molecular formula is C17H21N3OS. The maximum Gasteiger partial charge on any atom is 0.226 e. The van der Waals surface area contributed by atoms with Crippen LogP contribution in [0, 0.1) is 6.92 Å². The van der Waals surface area contributed by atoms with Crippen molar-refractivity contribution in [3.05, 3.63) is 46.4 Å². The number of nitrogens with zero attached hydrogens (tertiary/aromatic N) is 2. The Morgan fingerprint density at radius 1 is 1.32 bits per heavy atom. The van der Waals surface area contributed by atoms with Gasteiger partial charge in [-0.3, -0.25) is 4.79 Å². The van der Waals surface area contributed by atoms with Crippen LogP contribution >= 0.6 is 11.3 Å². The number of aromatic nitrogens is 1. The molecule has 0 bridgehead atoms. The smallest absolute Gasteiger partial charge is 0.226 e. The fourth-order valence-corrected chi connectivity index (χ4v) is 3.47. The molecule has 1 amide bonds. The molecule has 1 aromatic carbocycles. The topological polar surface area (TPSA) is 45.2 Å². The number of para-hydroxylation sites is 1. The van der Waals surface area contributed by atoms with Crippen LogP contribution in [0.15, 0.2) is 35.7 Å². The minimum atomic E-state index is 0.0865. The summed E-state index contributed by atoms with van der Waals surface area (Å²) in [7, 11) is 0. The molecular weight excluding hydrogens is 294 g/mol. The summed E-state index contributed by atoms with van der Waals surface area (Å²) in [6.07, 6.45) is 2.39. The Morgan fingerprint density at radius 2 is 2.05 bits per heavy atom. The second-order valence-electron chi connectivity index (χ2n) is 5.70. The van der Waals surface area contributed by atoms with Crippen LogP contribution in [0.1, 0.15) is 23.5 Å². The molecule has 2 aromatic rings. The lowest BCUT2D eigenvalue weighted by molar-refractivity contribution is -0.121. The highest BCUT2D eigenvalue weighted by Gasteiger charge is 2.21. The van der Waals surface area contributed by atoms with Gasteiger partial charge in [-0.2, -0.15) is 0 Å². The summed E-state index contributed by atoms with van der Waals surface area (Å²) in [5, 5.41) is 6.13. The number of rotatable bonds is 4. The number of amides is 1. The number of carbonyl (C=O) groups is 1. The van der Waals surface area contributed by atoms with Crippen molar-refractivity contribution >= 4 is 22.9 Å². The van der Waals surface area contributed by atoms with Crippen molar-refractivity contribution < 1.29 is 4.79 Å². The maximum absolute atomic E-state index is 12.1. The molecule has 0 radical (unpaired) electrons. The summed E-state index contributed by atoms with van der Waals surface area (Å²) in [6.45, 7) is 3.95. The van der Waals surface area contributed by atoms with E-state index >= 15 is 0 Å². The molecule has 1 aromatic heterocycles. The summed E-state index contributed by atoms with van der Waals surface area (Å²) in [5.41, 5.74) is 2.15. The highest BCUT2D eigenvalue weighted by Crippen LogP contribution is 2.19. The van der Waals surface area contributed by atoms with Crippen LogP contribution in [-0.2, 0) is 11.2 Å². The zero-order valence-electron chi connectivity index (χ0n) is 12.8. The second-order valence-corrected chi connectivity index (χ2v) is 6.76. The first-order valence-electron chi connectivity index (χ1n) is 7.71. The molecule has 0 spiro atoms. The first-order chi connectivity index (χ1) is 10.7. The van der Waals surface area contributed by atoms with Crippen LogP contribution < -0.4 is 10.2 Å². The van der Waals surface area contributed by atoms with E-state index in [-0.39, 0.29) is 11.9 Å². The molecule has 2 heterocycles. The molecule has 22 heavy (non-hydrogen) atoms. The maximum atomic E-state index is 12.1. The van der Waals surface area contributed by atoms with Crippen molar-refractivity contribution in [2.75, 3.05) is 18.0 Å². The Bertz CT molecular complexity index is 618. The summed E-state index contributed by atoms with van der Waals surface area (Å²) < 4.78 is 0. The summed E-state index contributed by atoms with van der Waals surface area (Å²) in [5.74, 6) is 0.0865. The number of hydrogen-bond acceptors (Lipinski definition) is 4. The quantitative estimate of drug-likeness (QED) is 0.943. The molecule has 4 nitrogen and oxygen atoms in total. The highest BCUT2D eigenvalue weighted by atomic mass is 32.1. The first kappa shape index (κ1) is 15.0. The van der Waals surface area contributed by atoms with Gasteiger partial charge in [0.1, 0.15) is 0 Å². The van der Waals surface area contributed by atoms with Crippen LogP contribution in [0.5, 0.6) is 0 Å². The number of carbonyl (C=O) groups excluding carboxylic acids is 1. The normalized spacial score (nSPS) is 15.8. The summed E-state index contributed by atoms with van der Waals surface area (Å²) in [6, 6.07) is 10.7. The molecule has 116 valence electrons. The van der Waals surface area contributed by atoms with E-state index < -0.39 is 0 Å². The molecule has 1 fully saturated rings. The van der Waals surface area contributed by atoms with Crippen molar-refractivity contribution in [1.29, 1.82) is 0 Å². The standard InChI is InChI=1S/C17H21N3OS/c1-13-18-15(12-22-13)11-17(21)19-14-7-9-20(10-8-14)16-5-3-2-4-6-16/h2-6,12,14H,7-11H2,1H3,(H,19,21). The minimum absolute atomic E-state index is 0.0865. The Labute approximate surface area is 135 Å². The number of nitrogens with one attached hydrogen (secondary N) is 1. The van der Waals surface area contributed by atoms with E-state index in [4.69, 9.17) is 0 Å². The van der Waals surface area contributed by atoms with Crippen molar-refractivity contribution in [3.8, 4) is 0 Å². The average Bonchev–Trinajstić information content (AvgIpc) is 2.94. The molecule has 1 aliphatic heterocycles. The fraction of sp³-hybridized carbons (Fsp3) is 0.412. The third-order valence-corrected chi connectivity index (χ3v) is 4.81. The van der Waals surface area contributed by atoms with Gasteiger partial charge in [0.2, 0.25) is 5.91 Å². The van der Waals surface area contributed by atoms with Gasteiger partial charge in [-0.1, -0.05) is 18.2 Å². The minimum Gasteiger partial charge on any atom is -0.371 e. The molecule has 0 saturated carbocycles. The van der Waals surface area contributed by atoms with E-state index in [9.17, 15) is 4.79 Å². The summed E-state index contributed by atoms with van der Waals surface area (Å²) in [4.78, 5) is 18.8. The van der Waals surface area contributed by atoms with E-state index in [1.165, 1.54) is 5.69 Å². The van der Waals surface area contributed by atoms with Gasteiger partial charge in [-0.25, -0.2) is 4.98 Å². The van der Waals surface area contributed by atoms with Crippen molar-refractivity contribution in [2.45, 2.75) is 32.2 Å². The lowest BCUT2D eigenvalue weighted by Crippen LogP contribution is -2.45. The lowest BCUT2D eigenvalue weighted by atomic mass is 10.0. The van der Waals surface area contributed by atoms with Crippen LogP contribution in [0.4, 0.5) is 5.69 Å². The van der Waals surface area contributed by atoms with Gasteiger partial charge in [-0.05, 0) is 31.9 Å². The van der Waals surface area contributed by atoms with Gasteiger partial charge in [0.05, 0.1) is 17.1 Å². The second kappa shape index (κ2) is 6.92. The Balaban J connectivity index is 1.46. The largest absolute Gasteiger partial charge is 0.371 e. The fourth-order valence-electron chi connectivity index (χ4n) is 2.85. The molecule has 1 aliphatic rings. The van der Waals surface area contributed by atoms with E-state index in [0.717, 1.165) is 36.6 Å². The van der Waals surface area contributed by atoms with Gasteiger partial charge in [0.15, 0.2) is 0 Å². The van der Waals surface area contributed by atoms with Crippen molar-refractivity contribution in [2.24, 2.45) is 0 Å². The zero-order chi connectivity index (χ0) is 15.4. The lowest BCUT2D eigenvalue weighted by Gasteiger charge is -2.34. The van der Waals surface area contributed by atoms with Crippen LogP contribution in [-0.4, -0.2) is 30.0 Å². The third-order valence-electron chi connectivity index (χ3n) is 3.99. The van der Waals surface area contributed by atoms with E-state index in [2.05, 4.69) is 39.5 Å². The predicted octanol–water partition coefficient (Wildman–Crippen LogP) is 2.78. The van der Waals surface area contributed by atoms with Crippen LogP contribution in [0.25, 0.3) is 0 Å². The monoisotopic (exact) mass is 315 g/mol. The van der Waals surface area contributed by atoms with Crippen molar-refractivity contribution in [1.82, 2.24) is 10.3 Å². The van der Waals surface area contributed by atoms with Crippen LogP contribution in [0.2, 0.25) is 0 Å². The number of anilines is 1. The zero-order valence-corrected chi connectivity index (χ0v) is 13.6. The predicted molar refractivity (Wildman–Crippen MR) is 90.4 cm³/mol. The van der Waals surface area contributed by atoms with Crippen molar-refractivity contribution in [3.63, 3.8) is 0 Å². The summed E-state index contributed by atoms with van der Waals surface area (Å²) >= 11 is 1.59. The number of benzene rings is 1. The Kier molecular flexibility index (Phi) is 4.73. The van der Waals surface area contributed by atoms with E-state index in [0.29, 0.717) is 6.42 Å². The Morgan fingerprint density at radius 3 is 2.68 bits per heavy atom. The molecule has 1 saturated heterocycles. The molecule has 3 rings (SSSR count).